The molecule has 0 N–H and O–H groups in total. The van der Waals surface area contributed by atoms with Crippen LogP contribution in [0.5, 0.6) is 0 Å². The molecule has 3 aromatic rings. The molecule has 0 spiro atoms. The first kappa shape index (κ1) is 16.5. The second kappa shape index (κ2) is 6.64. The third-order valence-corrected chi connectivity index (χ3v) is 3.64. The summed E-state index contributed by atoms with van der Waals surface area (Å²) >= 11 is 0. The first-order chi connectivity index (χ1) is 12.0. The molecule has 0 unspecified atom stereocenters. The van der Waals surface area contributed by atoms with Crippen LogP contribution in [0.4, 0.5) is 8.78 Å². The zero-order valence-electron chi connectivity index (χ0n) is 12.9. The van der Waals surface area contributed by atoms with Crippen molar-refractivity contribution in [2.45, 2.75) is 6.54 Å². The highest BCUT2D eigenvalue weighted by Crippen LogP contribution is 2.07. The van der Waals surface area contributed by atoms with Gasteiger partial charge in [0.1, 0.15) is 11.6 Å². The van der Waals surface area contributed by atoms with Gasteiger partial charge in [-0.15, -0.1) is 0 Å². The lowest BCUT2D eigenvalue weighted by Gasteiger charge is -2.08. The smallest absolute Gasteiger partial charge is 0.301 e. The third-order valence-electron chi connectivity index (χ3n) is 3.64. The predicted molar refractivity (Wildman–Crippen MR) is 87.0 cm³/mol. The maximum absolute atomic E-state index is 13.0. The topological polar surface area (TPSA) is 61.1 Å². The summed E-state index contributed by atoms with van der Waals surface area (Å²) in [5, 5.41) is 0. The number of halogens is 2. The van der Waals surface area contributed by atoms with Gasteiger partial charge in [0.05, 0.1) is 6.54 Å². The average molecular weight is 342 g/mol. The molecule has 0 fully saturated rings. The van der Waals surface area contributed by atoms with E-state index in [0.717, 1.165) is 21.3 Å². The van der Waals surface area contributed by atoms with Crippen LogP contribution in [-0.2, 0) is 6.54 Å². The van der Waals surface area contributed by atoms with E-state index in [1.54, 1.807) is 0 Å². The zero-order chi connectivity index (χ0) is 18.0. The summed E-state index contributed by atoms with van der Waals surface area (Å²) in [5.74, 6) is -1.37. The summed E-state index contributed by atoms with van der Waals surface area (Å²) in [6, 6.07) is 9.97. The van der Waals surface area contributed by atoms with Gasteiger partial charge in [0.25, 0.3) is 0 Å². The van der Waals surface area contributed by atoms with Gasteiger partial charge >= 0.3 is 11.1 Å². The molecule has 1 heterocycles. The van der Waals surface area contributed by atoms with E-state index in [1.165, 1.54) is 48.8 Å². The van der Waals surface area contributed by atoms with Crippen LogP contribution in [0, 0.1) is 11.6 Å². The molecule has 1 aromatic heterocycles. The largest absolute Gasteiger partial charge is 0.320 e. The highest BCUT2D eigenvalue weighted by molar-refractivity contribution is 5.95. The fraction of sp³-hybridized carbons (Fsp3) is 0.0556. The molecule has 0 bridgehead atoms. The lowest BCUT2D eigenvalue weighted by molar-refractivity contribution is 0.0970. The minimum Gasteiger partial charge on any atom is -0.301 e. The van der Waals surface area contributed by atoms with E-state index >= 15 is 0 Å². The Morgan fingerprint density at radius 3 is 1.96 bits per heavy atom. The molecule has 3 rings (SSSR count). The molecule has 7 heteroatoms. The fourth-order valence-corrected chi connectivity index (χ4v) is 2.32. The maximum atomic E-state index is 13.0. The van der Waals surface area contributed by atoms with Gasteiger partial charge in [0.2, 0.25) is 0 Å². The zero-order valence-corrected chi connectivity index (χ0v) is 12.9. The molecule has 126 valence electrons. The van der Waals surface area contributed by atoms with Crippen LogP contribution in [0.2, 0.25) is 0 Å². The number of hydrogen-bond acceptors (Lipinski definition) is 3. The van der Waals surface area contributed by atoms with Crippen LogP contribution in [0.1, 0.15) is 10.4 Å². The average Bonchev–Trinajstić information content (AvgIpc) is 2.61. The van der Waals surface area contributed by atoms with Crippen molar-refractivity contribution in [3.05, 3.63) is 98.8 Å². The van der Waals surface area contributed by atoms with Crippen molar-refractivity contribution < 1.29 is 13.6 Å². The first-order valence-electron chi connectivity index (χ1n) is 7.32. The SMILES string of the molecule is O=C(Cn1ccn(-c2ccc(F)cc2)c(=O)c1=O)c1ccc(F)cc1. The number of Topliss-reactive ketones (excluding diaryl/α,β-unsaturated/α-hetero) is 1. The van der Waals surface area contributed by atoms with Crippen molar-refractivity contribution in [3.8, 4) is 5.69 Å². The predicted octanol–water partition coefficient (Wildman–Crippen LogP) is 2.16. The van der Waals surface area contributed by atoms with Crippen molar-refractivity contribution in [1.29, 1.82) is 0 Å². The van der Waals surface area contributed by atoms with Gasteiger partial charge in [0.15, 0.2) is 5.78 Å². The summed E-state index contributed by atoms with van der Waals surface area (Å²) in [5.41, 5.74) is -1.18. The van der Waals surface area contributed by atoms with Gasteiger partial charge < -0.3 is 4.57 Å². The minimum atomic E-state index is -0.887. The standard InChI is InChI=1S/C18H12F2N2O3/c19-13-3-1-12(2-4-13)16(23)11-21-9-10-22(18(25)17(21)24)15-7-5-14(20)6-8-15/h1-10H,11H2. The molecule has 0 saturated heterocycles. The van der Waals surface area contributed by atoms with E-state index in [0.29, 0.717) is 5.69 Å². The van der Waals surface area contributed by atoms with Crippen molar-refractivity contribution in [3.63, 3.8) is 0 Å². The number of carbonyl (C=O) groups excluding carboxylic acids is 1. The van der Waals surface area contributed by atoms with Crippen molar-refractivity contribution in [2.75, 3.05) is 0 Å². The quantitative estimate of drug-likeness (QED) is 0.539. The minimum absolute atomic E-state index is 0.232. The van der Waals surface area contributed by atoms with E-state index in [9.17, 15) is 23.2 Å². The molecule has 0 saturated carbocycles. The monoisotopic (exact) mass is 342 g/mol. The van der Waals surface area contributed by atoms with Gasteiger partial charge in [-0.05, 0) is 48.5 Å². The first-order valence-corrected chi connectivity index (χ1v) is 7.32. The molecule has 0 aliphatic carbocycles. The molecular weight excluding hydrogens is 330 g/mol. The Bertz CT molecular complexity index is 1040. The Labute approximate surface area is 140 Å². The molecule has 5 nitrogen and oxygen atoms in total. The number of rotatable bonds is 4. The second-order valence-electron chi connectivity index (χ2n) is 5.31. The highest BCUT2D eigenvalue weighted by atomic mass is 19.1. The van der Waals surface area contributed by atoms with Crippen LogP contribution in [-0.4, -0.2) is 14.9 Å². The lowest BCUT2D eigenvalue weighted by atomic mass is 10.1. The highest BCUT2D eigenvalue weighted by Gasteiger charge is 2.11. The lowest BCUT2D eigenvalue weighted by Crippen LogP contribution is -2.41. The third kappa shape index (κ3) is 3.45. The van der Waals surface area contributed by atoms with Crippen LogP contribution in [0.25, 0.3) is 5.69 Å². The Morgan fingerprint density at radius 2 is 1.36 bits per heavy atom. The van der Waals surface area contributed by atoms with Crippen molar-refractivity contribution in [1.82, 2.24) is 9.13 Å². The van der Waals surface area contributed by atoms with Crippen LogP contribution in [0.3, 0.4) is 0 Å². The molecule has 0 aliphatic rings. The summed E-state index contributed by atoms with van der Waals surface area (Å²) < 4.78 is 27.9. The second-order valence-corrected chi connectivity index (χ2v) is 5.31. The number of aromatic nitrogens is 2. The molecule has 2 aromatic carbocycles. The Hall–Kier alpha value is -3.35. The fourth-order valence-electron chi connectivity index (χ4n) is 2.32. The number of carbonyl (C=O) groups is 1. The normalized spacial score (nSPS) is 10.6. The Morgan fingerprint density at radius 1 is 0.800 bits per heavy atom. The van der Waals surface area contributed by atoms with Gasteiger partial charge in [-0.3, -0.25) is 19.0 Å². The number of hydrogen-bond donors (Lipinski definition) is 0. The maximum Gasteiger partial charge on any atom is 0.320 e. The van der Waals surface area contributed by atoms with Crippen LogP contribution in [0.15, 0.2) is 70.5 Å². The van der Waals surface area contributed by atoms with E-state index in [4.69, 9.17) is 0 Å². The molecule has 25 heavy (non-hydrogen) atoms. The van der Waals surface area contributed by atoms with Gasteiger partial charge in [-0.1, -0.05) is 0 Å². The number of nitrogens with zero attached hydrogens (tertiary/aromatic N) is 2. The van der Waals surface area contributed by atoms with Crippen LogP contribution >= 0.6 is 0 Å². The number of benzene rings is 2. The van der Waals surface area contributed by atoms with E-state index in [2.05, 4.69) is 0 Å². The van der Waals surface area contributed by atoms with Crippen molar-refractivity contribution >= 4 is 5.78 Å². The van der Waals surface area contributed by atoms with E-state index in [1.807, 2.05) is 0 Å². The molecule has 0 atom stereocenters. The summed E-state index contributed by atoms with van der Waals surface area (Å²) in [6.07, 6.45) is 2.63. The van der Waals surface area contributed by atoms with Gasteiger partial charge in [-0.2, -0.15) is 0 Å². The molecule has 0 amide bonds. The molecular formula is C18H12F2N2O3. The summed E-state index contributed by atoms with van der Waals surface area (Å²) in [4.78, 5) is 36.6. The van der Waals surface area contributed by atoms with Crippen molar-refractivity contribution in [2.24, 2.45) is 0 Å². The molecule has 0 radical (unpaired) electrons. The summed E-state index contributed by atoms with van der Waals surface area (Å²) in [7, 11) is 0. The van der Waals surface area contributed by atoms with Crippen LogP contribution < -0.4 is 11.1 Å². The van der Waals surface area contributed by atoms with Gasteiger partial charge in [0, 0.05) is 23.6 Å². The van der Waals surface area contributed by atoms with Gasteiger partial charge in [-0.25, -0.2) is 8.78 Å². The Kier molecular flexibility index (Phi) is 4.38. The molecule has 0 aliphatic heterocycles. The van der Waals surface area contributed by atoms with E-state index in [-0.39, 0.29) is 12.1 Å². The van der Waals surface area contributed by atoms with E-state index < -0.39 is 28.5 Å². The Balaban J connectivity index is 1.91. The summed E-state index contributed by atoms with van der Waals surface area (Å²) in [6.45, 7) is -0.343. The number of ketones is 1.